The van der Waals surface area contributed by atoms with E-state index < -0.39 is 5.83 Å². The van der Waals surface area contributed by atoms with E-state index in [0.29, 0.717) is 18.0 Å². The van der Waals surface area contributed by atoms with E-state index in [0.717, 1.165) is 6.42 Å². The fraction of sp³-hybridized carbons (Fsp3) is 0.714. The number of aromatic nitrogens is 2. The molecule has 0 unspecified atom stereocenters. The highest BCUT2D eigenvalue weighted by molar-refractivity contribution is 5.53. The molecule has 1 saturated heterocycles. The van der Waals surface area contributed by atoms with E-state index in [2.05, 4.69) is 30.9 Å². The highest BCUT2D eigenvalue weighted by Gasteiger charge is 2.40. The van der Waals surface area contributed by atoms with Gasteiger partial charge in [-0.05, 0) is 31.3 Å². The molecule has 4 nitrogen and oxygen atoms in total. The molecule has 2 rings (SSSR count). The molecule has 0 N–H and O–H groups in total. The molecule has 0 bridgehead atoms. The lowest BCUT2D eigenvalue weighted by molar-refractivity contribution is 0.0193. The molecular weight excluding hydrogens is 247 g/mol. The predicted molar refractivity (Wildman–Crippen MR) is 70.2 cm³/mol. The molecule has 0 spiro atoms. The molecule has 5 heteroatoms. The lowest BCUT2D eigenvalue weighted by Gasteiger charge is -2.29. The Kier molecular flexibility index (Phi) is 3.76. The van der Waals surface area contributed by atoms with Gasteiger partial charge >= 0.3 is 0 Å². The van der Waals surface area contributed by atoms with Crippen LogP contribution in [0, 0.1) is 5.41 Å². The van der Waals surface area contributed by atoms with E-state index >= 15 is 0 Å². The van der Waals surface area contributed by atoms with E-state index in [9.17, 15) is 4.39 Å². The summed E-state index contributed by atoms with van der Waals surface area (Å²) in [5.74, 6) is 0.144. The molecule has 1 aliphatic heterocycles. The van der Waals surface area contributed by atoms with Crippen LogP contribution in [0.15, 0.2) is 10.1 Å². The van der Waals surface area contributed by atoms with Gasteiger partial charge < -0.3 is 9.26 Å². The van der Waals surface area contributed by atoms with Crippen molar-refractivity contribution in [2.45, 2.75) is 53.1 Å². The molecule has 0 radical (unpaired) electrons. The number of hydrogen-bond donors (Lipinski definition) is 0. The molecule has 19 heavy (non-hydrogen) atoms. The van der Waals surface area contributed by atoms with Crippen LogP contribution in [0.25, 0.3) is 5.83 Å². The van der Waals surface area contributed by atoms with Crippen LogP contribution in [0.3, 0.4) is 0 Å². The van der Waals surface area contributed by atoms with Gasteiger partial charge in [0.15, 0.2) is 11.7 Å². The third-order valence-electron chi connectivity index (χ3n) is 3.35. The monoisotopic (exact) mass is 268 g/mol. The Morgan fingerprint density at radius 3 is 2.58 bits per heavy atom. The standard InChI is InChI=1S/C14H21FN2O2/c1-8(2)10(15)13-16-12(17-19-13)9-6-7-18-11(9)14(3,4)5/h9,11H,6-7H2,1-5H3/t9-,11-/m0/s1. The van der Waals surface area contributed by atoms with E-state index in [1.807, 2.05) is 0 Å². The summed E-state index contributed by atoms with van der Waals surface area (Å²) in [4.78, 5) is 4.19. The Morgan fingerprint density at radius 2 is 2.00 bits per heavy atom. The number of ether oxygens (including phenoxy) is 1. The van der Waals surface area contributed by atoms with Gasteiger partial charge in [0, 0.05) is 6.61 Å². The summed E-state index contributed by atoms with van der Waals surface area (Å²) < 4.78 is 24.5. The Balaban J connectivity index is 2.26. The summed E-state index contributed by atoms with van der Waals surface area (Å²) in [6, 6.07) is 0. The molecule has 0 saturated carbocycles. The molecule has 1 fully saturated rings. The van der Waals surface area contributed by atoms with Gasteiger partial charge in [-0.1, -0.05) is 25.9 Å². The first-order valence-electron chi connectivity index (χ1n) is 6.59. The van der Waals surface area contributed by atoms with Gasteiger partial charge in [-0.3, -0.25) is 0 Å². The minimum Gasteiger partial charge on any atom is -0.377 e. The van der Waals surface area contributed by atoms with Crippen molar-refractivity contribution in [3.05, 3.63) is 17.3 Å². The predicted octanol–water partition coefficient (Wildman–Crippen LogP) is 3.71. The van der Waals surface area contributed by atoms with Gasteiger partial charge in [-0.15, -0.1) is 0 Å². The Labute approximate surface area is 113 Å². The second-order valence-corrected chi connectivity index (χ2v) is 6.32. The lowest BCUT2D eigenvalue weighted by Crippen LogP contribution is -2.30. The quantitative estimate of drug-likeness (QED) is 0.820. The smallest absolute Gasteiger partial charge is 0.286 e. The SMILES string of the molecule is CC(C)=C(F)c1nc([C@H]2CCO[C@@H]2C(C)(C)C)no1. The molecule has 0 aromatic carbocycles. The van der Waals surface area contributed by atoms with Crippen LogP contribution in [0.1, 0.15) is 58.7 Å². The second kappa shape index (κ2) is 5.04. The van der Waals surface area contributed by atoms with Crippen LogP contribution in [0.2, 0.25) is 0 Å². The van der Waals surface area contributed by atoms with Crippen LogP contribution >= 0.6 is 0 Å². The number of rotatable bonds is 2. The maximum absolute atomic E-state index is 13.7. The van der Waals surface area contributed by atoms with Gasteiger partial charge in [-0.25, -0.2) is 4.39 Å². The lowest BCUT2D eigenvalue weighted by atomic mass is 9.81. The first kappa shape index (κ1) is 14.2. The molecule has 106 valence electrons. The molecule has 1 aromatic rings. The minimum atomic E-state index is -0.440. The van der Waals surface area contributed by atoms with E-state index in [4.69, 9.17) is 9.26 Å². The van der Waals surface area contributed by atoms with Gasteiger partial charge in [0.1, 0.15) is 0 Å². The maximum atomic E-state index is 13.7. The third-order valence-corrected chi connectivity index (χ3v) is 3.35. The van der Waals surface area contributed by atoms with E-state index in [1.165, 1.54) is 0 Å². The summed E-state index contributed by atoms with van der Waals surface area (Å²) in [6.45, 7) is 10.4. The number of halogens is 1. The van der Waals surface area contributed by atoms with Crippen molar-refractivity contribution in [2.24, 2.45) is 5.41 Å². The largest absolute Gasteiger partial charge is 0.377 e. The van der Waals surface area contributed by atoms with Crippen LogP contribution < -0.4 is 0 Å². The number of allylic oxidation sites excluding steroid dienone is 1. The summed E-state index contributed by atoms with van der Waals surface area (Å²) in [5, 5.41) is 3.93. The van der Waals surface area contributed by atoms with Crippen LogP contribution in [-0.2, 0) is 4.74 Å². The average molecular weight is 268 g/mol. The van der Waals surface area contributed by atoms with Crippen LogP contribution in [-0.4, -0.2) is 22.9 Å². The maximum Gasteiger partial charge on any atom is 0.286 e. The highest BCUT2D eigenvalue weighted by atomic mass is 19.1. The van der Waals surface area contributed by atoms with Crippen molar-refractivity contribution in [2.75, 3.05) is 6.61 Å². The van der Waals surface area contributed by atoms with Crippen molar-refractivity contribution >= 4 is 5.83 Å². The van der Waals surface area contributed by atoms with Crippen molar-refractivity contribution in [1.29, 1.82) is 0 Å². The summed E-state index contributed by atoms with van der Waals surface area (Å²) in [6.07, 6.45) is 0.880. The Bertz CT molecular complexity index is 484. The van der Waals surface area contributed by atoms with Gasteiger partial charge in [-0.2, -0.15) is 4.98 Å². The summed E-state index contributed by atoms with van der Waals surface area (Å²) in [5.41, 5.74) is 0.530. The molecule has 1 aromatic heterocycles. The normalized spacial score (nSPS) is 23.7. The molecule has 2 atom stereocenters. The summed E-state index contributed by atoms with van der Waals surface area (Å²) >= 11 is 0. The minimum absolute atomic E-state index is 0.00296. The van der Waals surface area contributed by atoms with Crippen LogP contribution in [0.5, 0.6) is 0 Å². The number of nitrogens with zero attached hydrogens (tertiary/aromatic N) is 2. The molecular formula is C14H21FN2O2. The average Bonchev–Trinajstić information content (AvgIpc) is 2.95. The molecule has 2 heterocycles. The van der Waals surface area contributed by atoms with Crippen LogP contribution in [0.4, 0.5) is 4.39 Å². The van der Waals surface area contributed by atoms with Gasteiger partial charge in [0.05, 0.1) is 12.0 Å². The topological polar surface area (TPSA) is 48.2 Å². The zero-order chi connectivity index (χ0) is 14.2. The van der Waals surface area contributed by atoms with E-state index in [-0.39, 0.29) is 23.3 Å². The zero-order valence-corrected chi connectivity index (χ0v) is 12.2. The van der Waals surface area contributed by atoms with Crippen molar-refractivity contribution in [3.8, 4) is 0 Å². The van der Waals surface area contributed by atoms with E-state index in [1.54, 1.807) is 13.8 Å². The fourth-order valence-electron chi connectivity index (χ4n) is 2.40. The third kappa shape index (κ3) is 2.86. The second-order valence-electron chi connectivity index (χ2n) is 6.32. The molecule has 0 amide bonds. The molecule has 1 aliphatic rings. The van der Waals surface area contributed by atoms with Gasteiger partial charge in [0.25, 0.3) is 5.89 Å². The Hall–Kier alpha value is -1.23. The summed E-state index contributed by atoms with van der Waals surface area (Å²) in [7, 11) is 0. The number of hydrogen-bond acceptors (Lipinski definition) is 4. The zero-order valence-electron chi connectivity index (χ0n) is 12.2. The van der Waals surface area contributed by atoms with Crippen molar-refractivity contribution < 1.29 is 13.7 Å². The van der Waals surface area contributed by atoms with Gasteiger partial charge in [0.2, 0.25) is 0 Å². The molecule has 0 aliphatic carbocycles. The van der Waals surface area contributed by atoms with Crippen molar-refractivity contribution in [1.82, 2.24) is 10.1 Å². The fourth-order valence-corrected chi connectivity index (χ4v) is 2.40. The van der Waals surface area contributed by atoms with Crippen molar-refractivity contribution in [3.63, 3.8) is 0 Å². The Morgan fingerprint density at radius 1 is 1.32 bits per heavy atom. The highest BCUT2D eigenvalue weighted by Crippen LogP contribution is 2.40. The first-order valence-corrected chi connectivity index (χ1v) is 6.59. The first-order chi connectivity index (χ1) is 8.80.